The summed E-state index contributed by atoms with van der Waals surface area (Å²) in [7, 11) is 12.0. The maximum absolute atomic E-state index is 6.93. The van der Waals surface area contributed by atoms with Crippen molar-refractivity contribution in [3.05, 3.63) is 48.5 Å². The van der Waals surface area contributed by atoms with Crippen LogP contribution in [0.1, 0.15) is 0 Å². The first-order chi connectivity index (χ1) is 12.5. The molecule has 0 aliphatic carbocycles. The lowest BCUT2D eigenvalue weighted by Crippen LogP contribution is -2.42. The van der Waals surface area contributed by atoms with Gasteiger partial charge in [0, 0.05) is 24.9 Å². The van der Waals surface area contributed by atoms with Gasteiger partial charge < -0.3 is 9.47 Å². The monoisotopic (exact) mass is 414 g/mol. The van der Waals surface area contributed by atoms with Crippen LogP contribution in [0.3, 0.4) is 0 Å². The highest BCUT2D eigenvalue weighted by molar-refractivity contribution is 8.06. The predicted octanol–water partition coefficient (Wildman–Crippen LogP) is 3.90. The zero-order chi connectivity index (χ0) is 20.3. The standard InChI is InChI=1S/C20H30B2O2P2Si/c1-23-17-11-7-9-13-19(17)25(3,21)15-27(5,6)16-26(4,22)20-14-10-8-12-18(20)24-2/h7-14H,15-16H2,1-6H3. The Morgan fingerprint density at radius 1 is 0.741 bits per heavy atom. The van der Waals surface area contributed by atoms with Crippen molar-refractivity contribution in [1.29, 1.82) is 0 Å². The fraction of sp³-hybridized carbons (Fsp3) is 0.400. The summed E-state index contributed by atoms with van der Waals surface area (Å²) in [6.07, 6.45) is 0. The van der Waals surface area contributed by atoms with Crippen LogP contribution >= 0.6 is 14.3 Å². The number of para-hydroxylation sites is 2. The molecule has 0 heterocycles. The van der Waals surface area contributed by atoms with Crippen molar-refractivity contribution in [2.75, 3.05) is 39.1 Å². The molecule has 2 rings (SSSR count). The molecule has 0 fully saturated rings. The number of methoxy groups -OCH3 is 2. The molecule has 0 aliphatic heterocycles. The van der Waals surface area contributed by atoms with Crippen LogP contribution in [0, 0.1) is 0 Å². The van der Waals surface area contributed by atoms with Gasteiger partial charge >= 0.3 is 0 Å². The van der Waals surface area contributed by atoms with Gasteiger partial charge in [0.05, 0.1) is 24.8 Å². The number of ether oxygens (including phenoxy) is 2. The first kappa shape index (κ1) is 22.5. The Bertz CT molecular complexity index is 719. The van der Waals surface area contributed by atoms with E-state index >= 15 is 0 Å². The molecule has 27 heavy (non-hydrogen) atoms. The molecular weight excluding hydrogens is 384 g/mol. The molecule has 0 saturated carbocycles. The molecule has 2 aromatic carbocycles. The van der Waals surface area contributed by atoms with E-state index in [0.29, 0.717) is 0 Å². The average molecular weight is 414 g/mol. The third kappa shape index (κ3) is 5.63. The van der Waals surface area contributed by atoms with Crippen molar-refractivity contribution in [1.82, 2.24) is 0 Å². The van der Waals surface area contributed by atoms with Gasteiger partial charge in [-0.25, -0.2) is 14.3 Å². The summed E-state index contributed by atoms with van der Waals surface area (Å²) in [5.74, 6) is 3.89. The van der Waals surface area contributed by atoms with Gasteiger partial charge in [-0.2, -0.15) is 0 Å². The number of hydrogen-bond donors (Lipinski definition) is 0. The van der Waals surface area contributed by atoms with E-state index in [1.165, 1.54) is 10.6 Å². The molecule has 2 nitrogen and oxygen atoms in total. The maximum atomic E-state index is 6.93. The Morgan fingerprint density at radius 2 is 1.07 bits per heavy atom. The van der Waals surface area contributed by atoms with Crippen molar-refractivity contribution in [3.8, 4) is 11.5 Å². The lowest BCUT2D eigenvalue weighted by molar-refractivity contribution is 0.418. The molecule has 6 radical (unpaired) electrons. The van der Waals surface area contributed by atoms with Crippen LogP contribution in [0.25, 0.3) is 0 Å². The molecular formula is C20H30B2O2P2Si. The van der Waals surface area contributed by atoms with Crippen LogP contribution in [-0.2, 0) is 0 Å². The first-order valence-electron chi connectivity index (χ1n) is 9.08. The summed E-state index contributed by atoms with van der Waals surface area (Å²) in [5, 5.41) is 2.34. The normalized spacial score (nSPS) is 16.3. The van der Waals surface area contributed by atoms with Crippen LogP contribution in [0.5, 0.6) is 11.5 Å². The Labute approximate surface area is 169 Å². The molecule has 0 amide bonds. The molecule has 0 saturated heterocycles. The number of benzene rings is 2. The number of rotatable bonds is 8. The van der Waals surface area contributed by atoms with Gasteiger partial charge in [0.1, 0.15) is 8.07 Å². The zero-order valence-electron chi connectivity index (χ0n) is 17.4. The van der Waals surface area contributed by atoms with Gasteiger partial charge in [-0.15, -0.1) is 0 Å². The van der Waals surface area contributed by atoms with Crippen LogP contribution in [0.2, 0.25) is 13.1 Å². The van der Waals surface area contributed by atoms with Gasteiger partial charge in [-0.3, -0.25) is 15.1 Å². The van der Waals surface area contributed by atoms with Crippen LogP contribution < -0.4 is 20.1 Å². The van der Waals surface area contributed by atoms with E-state index < -0.39 is 22.4 Å². The average Bonchev–Trinajstić information content (AvgIpc) is 2.59. The van der Waals surface area contributed by atoms with E-state index in [2.05, 4.69) is 38.6 Å². The molecule has 2 atom stereocenters. The second-order valence-corrected chi connectivity index (χ2v) is 21.3. The van der Waals surface area contributed by atoms with Gasteiger partial charge in [-0.05, 0) is 24.3 Å². The summed E-state index contributed by atoms with van der Waals surface area (Å²) < 4.78 is 11.2. The minimum absolute atomic E-state index is 0.899. The van der Waals surface area contributed by atoms with E-state index in [0.717, 1.165) is 23.1 Å². The van der Waals surface area contributed by atoms with Gasteiger partial charge in [0.25, 0.3) is 0 Å². The molecule has 0 bridgehead atoms. The lowest BCUT2D eigenvalue weighted by atomic mass is 10.3. The first-order valence-corrected chi connectivity index (χ1v) is 17.5. The molecule has 2 aromatic rings. The minimum Gasteiger partial charge on any atom is -0.493 e. The summed E-state index contributed by atoms with van der Waals surface area (Å²) in [6.45, 7) is 9.26. The quantitative estimate of drug-likeness (QED) is 0.482. The highest BCUT2D eigenvalue weighted by Gasteiger charge is 2.37. The predicted molar refractivity (Wildman–Crippen MR) is 130 cm³/mol. The molecule has 2 unspecified atom stereocenters. The highest BCUT2D eigenvalue weighted by Crippen LogP contribution is 2.57. The largest absolute Gasteiger partial charge is 0.493 e. The van der Waals surface area contributed by atoms with Gasteiger partial charge in [0.2, 0.25) is 0 Å². The molecule has 7 heteroatoms. The third-order valence-corrected chi connectivity index (χ3v) is 19.8. The third-order valence-electron chi connectivity index (χ3n) is 4.78. The van der Waals surface area contributed by atoms with E-state index in [4.69, 9.17) is 24.6 Å². The second-order valence-electron chi connectivity index (χ2n) is 8.36. The van der Waals surface area contributed by atoms with Crippen LogP contribution in [0.4, 0.5) is 0 Å². The highest BCUT2D eigenvalue weighted by atomic mass is 31.2. The molecule has 142 valence electrons. The van der Waals surface area contributed by atoms with Gasteiger partial charge in [-0.1, -0.05) is 37.4 Å². The fourth-order valence-electron chi connectivity index (χ4n) is 4.10. The smallest absolute Gasteiger partial charge is 0.156 e. The van der Waals surface area contributed by atoms with Crippen molar-refractivity contribution in [2.24, 2.45) is 0 Å². The molecule has 0 N–H and O–H groups in total. The van der Waals surface area contributed by atoms with Crippen molar-refractivity contribution in [3.63, 3.8) is 0 Å². The molecule has 0 aliphatic rings. The Balaban J connectivity index is 2.27. The Hall–Kier alpha value is -0.753. The van der Waals surface area contributed by atoms with Gasteiger partial charge in [0.15, 0.2) is 11.5 Å². The maximum Gasteiger partial charge on any atom is 0.156 e. The Kier molecular flexibility index (Phi) is 7.28. The summed E-state index contributed by atoms with van der Waals surface area (Å²) in [6, 6.07) is 16.3. The topological polar surface area (TPSA) is 18.5 Å². The van der Waals surface area contributed by atoms with Crippen molar-refractivity contribution < 1.29 is 9.47 Å². The molecule has 0 aromatic heterocycles. The summed E-state index contributed by atoms with van der Waals surface area (Å²) in [4.78, 5) is 0. The summed E-state index contributed by atoms with van der Waals surface area (Å²) in [5.41, 5.74) is 0. The lowest BCUT2D eigenvalue weighted by Gasteiger charge is -2.44. The fourth-order valence-corrected chi connectivity index (χ4v) is 23.2. The van der Waals surface area contributed by atoms with E-state index in [1.54, 1.807) is 14.2 Å². The van der Waals surface area contributed by atoms with E-state index in [9.17, 15) is 0 Å². The van der Waals surface area contributed by atoms with E-state index in [1.807, 2.05) is 36.4 Å². The zero-order valence-corrected chi connectivity index (χ0v) is 20.2. The van der Waals surface area contributed by atoms with Crippen molar-refractivity contribution in [2.45, 2.75) is 13.1 Å². The second kappa shape index (κ2) is 8.72. The van der Waals surface area contributed by atoms with Crippen LogP contribution in [-0.4, -0.2) is 62.3 Å². The minimum atomic E-state index is -1.80. The number of hydrogen-bond acceptors (Lipinski definition) is 2. The molecule has 0 spiro atoms. The SMILES string of the molecule is [B-][P+](C)(C[Si](C)(C)C[P+]([B-])(C)c1ccccc1OC)c1ccccc1OC. The summed E-state index contributed by atoms with van der Waals surface area (Å²) >= 11 is 0. The Morgan fingerprint density at radius 3 is 1.41 bits per heavy atom. The van der Waals surface area contributed by atoms with Crippen molar-refractivity contribution >= 4 is 48.1 Å². The van der Waals surface area contributed by atoms with E-state index in [-0.39, 0.29) is 0 Å². The van der Waals surface area contributed by atoms with Crippen LogP contribution in [0.15, 0.2) is 48.5 Å².